The molecule has 2 fully saturated rings. The van der Waals surface area contributed by atoms with Gasteiger partial charge in [-0.2, -0.15) is 0 Å². The third kappa shape index (κ3) is 8.20. The van der Waals surface area contributed by atoms with Gasteiger partial charge in [0.2, 0.25) is 0 Å². The lowest BCUT2D eigenvalue weighted by molar-refractivity contribution is -0.136. The highest BCUT2D eigenvalue weighted by Crippen LogP contribution is 2.22. The summed E-state index contributed by atoms with van der Waals surface area (Å²) in [7, 11) is 0. The monoisotopic (exact) mass is 361 g/mol. The van der Waals surface area contributed by atoms with Crippen molar-refractivity contribution in [1.29, 1.82) is 0 Å². The van der Waals surface area contributed by atoms with Crippen molar-refractivity contribution in [2.24, 2.45) is 5.92 Å². The standard InChI is InChI=1S/C12H23N.C5H9BrO2/c1-3-7-11(8-4-1)13-12-9-5-2-6-10-12;1-3(2)4(6)5(7)8/h11-13H,1-10H2;3-4H,1-2H3,(H,7,8)/t;4-/m.1/s1. The summed E-state index contributed by atoms with van der Waals surface area (Å²) in [5, 5.41) is 12.2. The van der Waals surface area contributed by atoms with Gasteiger partial charge in [0.05, 0.1) is 0 Å². The van der Waals surface area contributed by atoms with Crippen LogP contribution in [0.25, 0.3) is 0 Å². The molecule has 0 aliphatic heterocycles. The zero-order valence-electron chi connectivity index (χ0n) is 13.6. The van der Waals surface area contributed by atoms with Crippen LogP contribution in [0, 0.1) is 5.92 Å². The van der Waals surface area contributed by atoms with E-state index in [4.69, 9.17) is 5.11 Å². The Balaban J connectivity index is 0.000000240. The van der Waals surface area contributed by atoms with E-state index in [1.54, 1.807) is 0 Å². The van der Waals surface area contributed by atoms with E-state index in [1.807, 2.05) is 13.8 Å². The molecule has 0 bridgehead atoms. The number of carboxylic acid groups (broad SMARTS) is 1. The Labute approximate surface area is 138 Å². The molecule has 0 amide bonds. The Kier molecular flexibility index (Phi) is 9.57. The van der Waals surface area contributed by atoms with E-state index in [0.29, 0.717) is 0 Å². The number of nitrogens with one attached hydrogen (secondary N) is 1. The van der Waals surface area contributed by atoms with E-state index in [1.165, 1.54) is 64.2 Å². The largest absolute Gasteiger partial charge is 0.480 e. The average molecular weight is 362 g/mol. The Bertz CT molecular complexity index is 269. The van der Waals surface area contributed by atoms with Crippen LogP contribution < -0.4 is 5.32 Å². The zero-order valence-corrected chi connectivity index (χ0v) is 15.2. The summed E-state index contributed by atoms with van der Waals surface area (Å²) in [5.74, 6) is -0.632. The van der Waals surface area contributed by atoms with Crippen molar-refractivity contribution >= 4 is 21.9 Å². The van der Waals surface area contributed by atoms with Crippen molar-refractivity contribution in [2.45, 2.75) is 95.0 Å². The Hall–Kier alpha value is -0.0900. The quantitative estimate of drug-likeness (QED) is 0.711. The predicted octanol–water partition coefficient (Wildman–Crippen LogP) is 4.73. The van der Waals surface area contributed by atoms with Crippen molar-refractivity contribution in [3.63, 3.8) is 0 Å². The fourth-order valence-electron chi connectivity index (χ4n) is 3.16. The van der Waals surface area contributed by atoms with Crippen LogP contribution in [0.2, 0.25) is 0 Å². The second kappa shape index (κ2) is 10.6. The highest BCUT2D eigenvalue weighted by Gasteiger charge is 2.19. The van der Waals surface area contributed by atoms with Gasteiger partial charge in [0.1, 0.15) is 4.83 Å². The second-order valence-corrected chi connectivity index (χ2v) is 7.81. The fraction of sp³-hybridized carbons (Fsp3) is 0.941. The van der Waals surface area contributed by atoms with E-state index in [2.05, 4.69) is 21.2 Å². The highest BCUT2D eigenvalue weighted by molar-refractivity contribution is 9.10. The molecule has 0 saturated heterocycles. The van der Waals surface area contributed by atoms with Crippen LogP contribution in [-0.4, -0.2) is 28.0 Å². The molecule has 3 nitrogen and oxygen atoms in total. The summed E-state index contributed by atoms with van der Waals surface area (Å²) in [6.07, 6.45) is 14.6. The van der Waals surface area contributed by atoms with Crippen molar-refractivity contribution in [2.75, 3.05) is 0 Å². The number of aliphatic carboxylic acids is 1. The normalized spacial score (nSPS) is 22.5. The Morgan fingerprint density at radius 3 is 1.57 bits per heavy atom. The molecule has 0 spiro atoms. The lowest BCUT2D eigenvalue weighted by Crippen LogP contribution is -2.40. The first kappa shape index (κ1) is 19.0. The second-order valence-electron chi connectivity index (χ2n) is 6.82. The lowest BCUT2D eigenvalue weighted by Gasteiger charge is -2.30. The Morgan fingerprint density at radius 1 is 0.952 bits per heavy atom. The maximum atomic E-state index is 10.1. The summed E-state index contributed by atoms with van der Waals surface area (Å²) in [6, 6.07) is 1.74. The zero-order chi connectivity index (χ0) is 15.7. The van der Waals surface area contributed by atoms with Crippen LogP contribution in [-0.2, 0) is 4.79 Å². The molecule has 0 radical (unpaired) electrons. The maximum Gasteiger partial charge on any atom is 0.317 e. The molecular weight excluding hydrogens is 330 g/mol. The van der Waals surface area contributed by atoms with Gasteiger partial charge in [0.25, 0.3) is 0 Å². The number of carboxylic acids is 1. The van der Waals surface area contributed by atoms with Gasteiger partial charge in [0, 0.05) is 12.1 Å². The third-order valence-electron chi connectivity index (χ3n) is 4.50. The number of hydrogen-bond acceptors (Lipinski definition) is 2. The minimum atomic E-state index is -0.792. The van der Waals surface area contributed by atoms with Crippen LogP contribution in [0.15, 0.2) is 0 Å². The molecule has 0 aromatic carbocycles. The topological polar surface area (TPSA) is 49.3 Å². The summed E-state index contributed by atoms with van der Waals surface area (Å²) in [6.45, 7) is 3.71. The molecule has 21 heavy (non-hydrogen) atoms. The lowest BCUT2D eigenvalue weighted by atomic mass is 9.91. The molecule has 0 heterocycles. The van der Waals surface area contributed by atoms with E-state index >= 15 is 0 Å². The van der Waals surface area contributed by atoms with E-state index in [-0.39, 0.29) is 5.92 Å². The van der Waals surface area contributed by atoms with Crippen molar-refractivity contribution in [1.82, 2.24) is 5.32 Å². The molecular formula is C17H32BrNO2. The molecule has 2 aliphatic carbocycles. The maximum absolute atomic E-state index is 10.1. The molecule has 2 aliphatic rings. The SMILES string of the molecule is C1CCC(NC2CCCCC2)CC1.CC(C)[C@@H](Br)C(=O)O. The van der Waals surface area contributed by atoms with Crippen LogP contribution in [0.4, 0.5) is 0 Å². The number of halogens is 1. The molecule has 124 valence electrons. The third-order valence-corrected chi connectivity index (χ3v) is 5.95. The predicted molar refractivity (Wildman–Crippen MR) is 92.1 cm³/mol. The molecule has 2 N–H and O–H groups in total. The summed E-state index contributed by atoms with van der Waals surface area (Å²) in [5.41, 5.74) is 0. The summed E-state index contributed by atoms with van der Waals surface area (Å²) < 4.78 is 0. The summed E-state index contributed by atoms with van der Waals surface area (Å²) in [4.78, 5) is 9.69. The van der Waals surface area contributed by atoms with Crippen LogP contribution in [0.3, 0.4) is 0 Å². The fourth-order valence-corrected chi connectivity index (χ4v) is 3.16. The first-order chi connectivity index (χ1) is 10.0. The molecule has 2 saturated carbocycles. The number of alkyl halides is 1. The van der Waals surface area contributed by atoms with Gasteiger partial charge in [-0.1, -0.05) is 68.3 Å². The van der Waals surface area contributed by atoms with Gasteiger partial charge < -0.3 is 10.4 Å². The van der Waals surface area contributed by atoms with Crippen LogP contribution in [0.5, 0.6) is 0 Å². The van der Waals surface area contributed by atoms with Crippen molar-refractivity contribution < 1.29 is 9.90 Å². The Morgan fingerprint density at radius 2 is 1.33 bits per heavy atom. The molecule has 0 aromatic rings. The van der Waals surface area contributed by atoms with E-state index in [9.17, 15) is 4.79 Å². The number of hydrogen-bond donors (Lipinski definition) is 2. The van der Waals surface area contributed by atoms with Gasteiger partial charge in [0.15, 0.2) is 0 Å². The van der Waals surface area contributed by atoms with Gasteiger partial charge in [-0.15, -0.1) is 0 Å². The van der Waals surface area contributed by atoms with E-state index < -0.39 is 10.8 Å². The van der Waals surface area contributed by atoms with Crippen molar-refractivity contribution in [3.05, 3.63) is 0 Å². The van der Waals surface area contributed by atoms with Crippen LogP contribution >= 0.6 is 15.9 Å². The van der Waals surface area contributed by atoms with Crippen LogP contribution in [0.1, 0.15) is 78.1 Å². The molecule has 0 aromatic heterocycles. The van der Waals surface area contributed by atoms with Gasteiger partial charge in [-0.3, -0.25) is 4.79 Å². The van der Waals surface area contributed by atoms with Gasteiger partial charge in [-0.05, 0) is 31.6 Å². The molecule has 1 atom stereocenters. The minimum Gasteiger partial charge on any atom is -0.480 e. The first-order valence-electron chi connectivity index (χ1n) is 8.63. The molecule has 4 heteroatoms. The number of rotatable bonds is 4. The average Bonchev–Trinajstić information content (AvgIpc) is 2.49. The molecule has 2 rings (SSSR count). The molecule has 0 unspecified atom stereocenters. The first-order valence-corrected chi connectivity index (χ1v) is 9.55. The summed E-state index contributed by atoms with van der Waals surface area (Å²) >= 11 is 3.01. The number of carbonyl (C=O) groups is 1. The highest BCUT2D eigenvalue weighted by atomic mass is 79.9. The van der Waals surface area contributed by atoms with Crippen molar-refractivity contribution in [3.8, 4) is 0 Å². The van der Waals surface area contributed by atoms with E-state index in [0.717, 1.165) is 12.1 Å². The minimum absolute atomic E-state index is 0.160. The van der Waals surface area contributed by atoms with Gasteiger partial charge in [-0.25, -0.2) is 0 Å². The smallest absolute Gasteiger partial charge is 0.317 e. The van der Waals surface area contributed by atoms with Gasteiger partial charge >= 0.3 is 5.97 Å².